The molecule has 26 heavy (non-hydrogen) atoms. The van der Waals surface area contributed by atoms with E-state index in [2.05, 4.69) is 42.3 Å². The van der Waals surface area contributed by atoms with Gasteiger partial charge in [0, 0.05) is 37.4 Å². The fourth-order valence-electron chi connectivity index (χ4n) is 4.39. The summed E-state index contributed by atoms with van der Waals surface area (Å²) in [6, 6.07) is 4.78. The number of hydrogen-bond donors (Lipinski definition) is 1. The zero-order valence-electron chi connectivity index (χ0n) is 16.2. The SMILES string of the molecule is CCCCC1CC=C(c2cc3nc(C)sc3cc2N2CCNCC2)CC1. The highest BCUT2D eigenvalue weighted by Crippen LogP contribution is 2.39. The molecule has 0 saturated carbocycles. The van der Waals surface area contributed by atoms with Gasteiger partial charge in [-0.25, -0.2) is 4.98 Å². The molecule has 2 aliphatic rings. The van der Waals surface area contributed by atoms with Gasteiger partial charge < -0.3 is 10.2 Å². The summed E-state index contributed by atoms with van der Waals surface area (Å²) in [6.45, 7) is 8.78. The Morgan fingerprint density at radius 3 is 2.85 bits per heavy atom. The lowest BCUT2D eigenvalue weighted by Crippen LogP contribution is -2.43. The highest BCUT2D eigenvalue weighted by molar-refractivity contribution is 7.18. The molecule has 4 heteroatoms. The van der Waals surface area contributed by atoms with Crippen LogP contribution in [0.25, 0.3) is 15.8 Å². The Morgan fingerprint density at radius 1 is 1.27 bits per heavy atom. The molecule has 1 N–H and O–H groups in total. The third kappa shape index (κ3) is 3.81. The molecule has 1 aromatic heterocycles. The van der Waals surface area contributed by atoms with E-state index in [4.69, 9.17) is 4.98 Å². The second-order valence-electron chi connectivity index (χ2n) is 7.82. The molecule has 1 saturated heterocycles. The highest BCUT2D eigenvalue weighted by Gasteiger charge is 2.21. The molecule has 1 fully saturated rings. The molecule has 1 atom stereocenters. The van der Waals surface area contributed by atoms with Crippen LogP contribution in [-0.4, -0.2) is 31.2 Å². The molecule has 1 aromatic carbocycles. The number of piperazine rings is 1. The van der Waals surface area contributed by atoms with Crippen LogP contribution in [0.5, 0.6) is 0 Å². The van der Waals surface area contributed by atoms with Crippen LogP contribution in [0.1, 0.15) is 56.0 Å². The van der Waals surface area contributed by atoms with Crippen molar-refractivity contribution in [3.8, 4) is 0 Å². The molecule has 1 aliphatic carbocycles. The molecule has 1 aliphatic heterocycles. The van der Waals surface area contributed by atoms with Crippen molar-refractivity contribution >= 4 is 32.8 Å². The molecule has 3 nitrogen and oxygen atoms in total. The number of benzene rings is 1. The molecular formula is C22H31N3S. The number of allylic oxidation sites excluding steroid dienone is 2. The summed E-state index contributed by atoms with van der Waals surface area (Å²) in [7, 11) is 0. The molecule has 0 amide bonds. The van der Waals surface area contributed by atoms with E-state index in [0.717, 1.165) is 32.1 Å². The van der Waals surface area contributed by atoms with E-state index in [1.54, 1.807) is 5.57 Å². The predicted molar refractivity (Wildman–Crippen MR) is 114 cm³/mol. The maximum atomic E-state index is 4.77. The molecule has 0 radical (unpaired) electrons. The normalized spacial score (nSPS) is 21.2. The number of aromatic nitrogens is 1. The first-order chi connectivity index (χ1) is 12.7. The average molecular weight is 370 g/mol. The molecule has 1 unspecified atom stereocenters. The van der Waals surface area contributed by atoms with Crippen molar-refractivity contribution in [1.82, 2.24) is 10.3 Å². The second-order valence-corrected chi connectivity index (χ2v) is 9.05. The Morgan fingerprint density at radius 2 is 2.12 bits per heavy atom. The van der Waals surface area contributed by atoms with Gasteiger partial charge in [-0.2, -0.15) is 0 Å². The maximum Gasteiger partial charge on any atom is 0.0907 e. The number of aryl methyl sites for hydroxylation is 1. The van der Waals surface area contributed by atoms with E-state index in [9.17, 15) is 0 Å². The first-order valence-electron chi connectivity index (χ1n) is 10.3. The minimum atomic E-state index is 0.895. The highest BCUT2D eigenvalue weighted by atomic mass is 32.1. The first-order valence-corrected chi connectivity index (χ1v) is 11.1. The quantitative estimate of drug-likeness (QED) is 0.766. The van der Waals surface area contributed by atoms with Crippen molar-refractivity contribution in [2.24, 2.45) is 5.92 Å². The number of fused-ring (bicyclic) bond motifs is 1. The lowest BCUT2D eigenvalue weighted by atomic mass is 9.83. The van der Waals surface area contributed by atoms with Crippen LogP contribution in [0, 0.1) is 12.8 Å². The number of nitrogens with one attached hydrogen (secondary N) is 1. The summed E-state index contributed by atoms with van der Waals surface area (Å²) >= 11 is 1.82. The number of thiazole rings is 1. The molecule has 140 valence electrons. The smallest absolute Gasteiger partial charge is 0.0907 e. The van der Waals surface area contributed by atoms with Crippen LogP contribution in [0.2, 0.25) is 0 Å². The minimum absolute atomic E-state index is 0.895. The molecule has 0 spiro atoms. The maximum absolute atomic E-state index is 4.77. The van der Waals surface area contributed by atoms with E-state index >= 15 is 0 Å². The van der Waals surface area contributed by atoms with Crippen molar-refractivity contribution in [1.29, 1.82) is 0 Å². The number of anilines is 1. The van der Waals surface area contributed by atoms with Crippen LogP contribution in [-0.2, 0) is 0 Å². The van der Waals surface area contributed by atoms with Crippen molar-refractivity contribution in [3.05, 3.63) is 28.8 Å². The van der Waals surface area contributed by atoms with Gasteiger partial charge in [-0.1, -0.05) is 32.3 Å². The van der Waals surface area contributed by atoms with Gasteiger partial charge in [-0.05, 0) is 49.8 Å². The summed E-state index contributed by atoms with van der Waals surface area (Å²) < 4.78 is 1.33. The fourth-order valence-corrected chi connectivity index (χ4v) is 5.23. The van der Waals surface area contributed by atoms with Gasteiger partial charge in [0.05, 0.1) is 15.2 Å². The van der Waals surface area contributed by atoms with E-state index < -0.39 is 0 Å². The largest absolute Gasteiger partial charge is 0.368 e. The van der Waals surface area contributed by atoms with Crippen LogP contribution < -0.4 is 10.2 Å². The first kappa shape index (κ1) is 18.0. The second kappa shape index (κ2) is 8.10. The minimum Gasteiger partial charge on any atom is -0.368 e. The summed E-state index contributed by atoms with van der Waals surface area (Å²) in [5.41, 5.74) is 5.61. The molecule has 0 bridgehead atoms. The van der Waals surface area contributed by atoms with Gasteiger partial charge in [-0.15, -0.1) is 11.3 Å². The number of hydrogen-bond acceptors (Lipinski definition) is 4. The molecule has 2 heterocycles. The Balaban J connectivity index is 1.67. The van der Waals surface area contributed by atoms with E-state index in [1.807, 2.05) is 11.3 Å². The Labute approximate surface area is 161 Å². The number of rotatable bonds is 5. The number of nitrogens with zero attached hydrogens (tertiary/aromatic N) is 2. The lowest BCUT2D eigenvalue weighted by molar-refractivity contribution is 0.434. The van der Waals surface area contributed by atoms with Crippen molar-refractivity contribution in [2.75, 3.05) is 31.1 Å². The lowest BCUT2D eigenvalue weighted by Gasteiger charge is -2.32. The third-order valence-corrected chi connectivity index (χ3v) is 6.84. The van der Waals surface area contributed by atoms with E-state index in [1.165, 1.54) is 65.0 Å². The van der Waals surface area contributed by atoms with Crippen LogP contribution in [0.3, 0.4) is 0 Å². The van der Waals surface area contributed by atoms with E-state index in [0.29, 0.717) is 0 Å². The summed E-state index contributed by atoms with van der Waals surface area (Å²) in [6.07, 6.45) is 10.5. The zero-order valence-corrected chi connectivity index (χ0v) is 17.0. The average Bonchev–Trinajstić information content (AvgIpc) is 3.05. The van der Waals surface area contributed by atoms with E-state index in [-0.39, 0.29) is 0 Å². The van der Waals surface area contributed by atoms with Gasteiger partial charge in [0.25, 0.3) is 0 Å². The standard InChI is InChI=1S/C22H31N3S/c1-3-4-5-17-6-8-18(9-7-17)19-14-20-22(26-16(2)24-20)15-21(19)25-12-10-23-11-13-25/h8,14-15,17,23H,3-7,9-13H2,1-2H3. The van der Waals surface area contributed by atoms with Gasteiger partial charge >= 0.3 is 0 Å². The van der Waals surface area contributed by atoms with Crippen LogP contribution >= 0.6 is 11.3 Å². The van der Waals surface area contributed by atoms with Crippen LogP contribution in [0.15, 0.2) is 18.2 Å². The Hall–Kier alpha value is -1.39. The summed E-state index contributed by atoms with van der Waals surface area (Å²) in [4.78, 5) is 7.34. The molecule has 2 aromatic rings. The fraction of sp³-hybridized carbons (Fsp3) is 0.591. The Kier molecular flexibility index (Phi) is 5.60. The number of unbranched alkanes of at least 4 members (excludes halogenated alkanes) is 1. The van der Waals surface area contributed by atoms with Crippen molar-refractivity contribution in [2.45, 2.75) is 52.4 Å². The third-order valence-electron chi connectivity index (χ3n) is 5.90. The van der Waals surface area contributed by atoms with Gasteiger partial charge in [0.1, 0.15) is 0 Å². The van der Waals surface area contributed by atoms with Crippen LogP contribution in [0.4, 0.5) is 5.69 Å². The molecular weight excluding hydrogens is 338 g/mol. The van der Waals surface area contributed by atoms with Gasteiger partial charge in [0.2, 0.25) is 0 Å². The Bertz CT molecular complexity index is 786. The summed E-state index contributed by atoms with van der Waals surface area (Å²) in [5, 5.41) is 4.65. The topological polar surface area (TPSA) is 28.2 Å². The van der Waals surface area contributed by atoms with Crippen molar-refractivity contribution < 1.29 is 0 Å². The summed E-state index contributed by atoms with van der Waals surface area (Å²) in [5.74, 6) is 0.895. The van der Waals surface area contributed by atoms with Crippen molar-refractivity contribution in [3.63, 3.8) is 0 Å². The van der Waals surface area contributed by atoms with Gasteiger partial charge in [-0.3, -0.25) is 0 Å². The predicted octanol–water partition coefficient (Wildman–Crippen LogP) is 5.39. The molecule has 4 rings (SSSR count). The van der Waals surface area contributed by atoms with Gasteiger partial charge in [0.15, 0.2) is 0 Å². The monoisotopic (exact) mass is 369 g/mol. The zero-order chi connectivity index (χ0) is 17.9.